The van der Waals surface area contributed by atoms with Gasteiger partial charge < -0.3 is 24.2 Å². The number of hydrogen-bond acceptors (Lipinski definition) is 8. The Balaban J connectivity index is 1.45. The quantitative estimate of drug-likeness (QED) is 0.361. The molecule has 5 rings (SSSR count). The zero-order chi connectivity index (χ0) is 28.5. The first-order chi connectivity index (χ1) is 19.1. The van der Waals surface area contributed by atoms with E-state index < -0.39 is 40.2 Å². The predicted molar refractivity (Wildman–Crippen MR) is 142 cm³/mol. The van der Waals surface area contributed by atoms with Crippen molar-refractivity contribution in [3.8, 4) is 17.2 Å². The highest BCUT2D eigenvalue weighted by Gasteiger charge is 2.43. The molecule has 0 aromatic heterocycles. The first-order valence-corrected chi connectivity index (χ1v) is 14.1. The summed E-state index contributed by atoms with van der Waals surface area (Å²) in [7, 11) is -2.13. The number of halogens is 3. The van der Waals surface area contributed by atoms with Gasteiger partial charge in [0.25, 0.3) is 0 Å². The zero-order valence-corrected chi connectivity index (χ0v) is 22.3. The third kappa shape index (κ3) is 6.03. The van der Waals surface area contributed by atoms with Gasteiger partial charge in [-0.25, -0.2) is 13.7 Å². The fraction of sp³-hybridized carbons (Fsp3) is 0.333. The van der Waals surface area contributed by atoms with E-state index in [0.29, 0.717) is 31.2 Å². The molecule has 214 valence electrons. The number of nitrogens with one attached hydrogen (secondary N) is 2. The molecule has 0 amide bonds. The SMILES string of the molecule is COCCN1CC(NS(=N)(=O)c2ccc(OC(F)(F)F)cc2)C(O)C(N2c3ccccc3Oc3ccccc32)C1. The van der Waals surface area contributed by atoms with Gasteiger partial charge in [-0.05, 0) is 48.5 Å². The number of ether oxygens (including phenoxy) is 3. The minimum absolute atomic E-state index is 0.0400. The van der Waals surface area contributed by atoms with E-state index in [1.54, 1.807) is 7.11 Å². The van der Waals surface area contributed by atoms with Crippen LogP contribution in [0.4, 0.5) is 24.5 Å². The van der Waals surface area contributed by atoms with Crippen molar-refractivity contribution in [3.05, 3.63) is 72.8 Å². The number of methoxy groups -OCH3 is 1. The molecule has 2 heterocycles. The number of aliphatic hydroxyl groups excluding tert-OH is 1. The molecular formula is C27H29F3N4O5S. The van der Waals surface area contributed by atoms with Crippen LogP contribution in [0.15, 0.2) is 77.7 Å². The number of rotatable bonds is 8. The van der Waals surface area contributed by atoms with Crippen molar-refractivity contribution in [2.75, 3.05) is 38.3 Å². The van der Waals surface area contributed by atoms with Crippen LogP contribution in [-0.2, 0) is 14.7 Å². The fourth-order valence-corrected chi connectivity index (χ4v) is 6.35. The normalized spacial score (nSPS) is 22.5. The maximum Gasteiger partial charge on any atom is 0.573 e. The minimum atomic E-state index is -4.87. The number of likely N-dealkylation sites (tertiary alicyclic amines) is 1. The highest BCUT2D eigenvalue weighted by Crippen LogP contribution is 2.48. The molecule has 3 aromatic rings. The number of piperidine rings is 1. The lowest BCUT2D eigenvalue weighted by Crippen LogP contribution is -2.65. The molecule has 4 atom stereocenters. The van der Waals surface area contributed by atoms with Crippen LogP contribution in [-0.4, -0.2) is 72.1 Å². The standard InChI is InChI=1S/C27H29F3N4O5S/c1-37-15-14-33-16-20(32-40(31,36)19-12-10-18(11-13-19)39-27(28,29)30)26(35)23(17-33)34-21-6-2-4-8-24(21)38-25-9-5-3-7-22(25)34/h2-13,20,23,26,35H,14-17H2,1H3,(H2,31,32,36). The maximum atomic E-state index is 13.5. The van der Waals surface area contributed by atoms with Crippen molar-refractivity contribution in [2.24, 2.45) is 0 Å². The van der Waals surface area contributed by atoms with Crippen molar-refractivity contribution >= 4 is 21.3 Å². The minimum Gasteiger partial charge on any atom is -0.453 e. The molecule has 9 nitrogen and oxygen atoms in total. The van der Waals surface area contributed by atoms with Gasteiger partial charge in [0.15, 0.2) is 11.5 Å². The van der Waals surface area contributed by atoms with E-state index in [-0.39, 0.29) is 11.4 Å². The molecule has 1 saturated heterocycles. The number of para-hydroxylation sites is 4. The van der Waals surface area contributed by atoms with Gasteiger partial charge in [0.1, 0.15) is 15.7 Å². The van der Waals surface area contributed by atoms with Gasteiger partial charge >= 0.3 is 6.36 Å². The third-order valence-electron chi connectivity index (χ3n) is 6.83. The molecule has 0 radical (unpaired) electrons. The Morgan fingerprint density at radius 2 is 1.62 bits per heavy atom. The lowest BCUT2D eigenvalue weighted by Gasteiger charge is -2.48. The fourth-order valence-electron chi connectivity index (χ4n) is 5.05. The van der Waals surface area contributed by atoms with Crippen molar-refractivity contribution in [2.45, 2.75) is 29.4 Å². The molecule has 2 aliphatic heterocycles. The Bertz CT molecular complexity index is 1390. The number of hydrogen-bond donors (Lipinski definition) is 3. The molecule has 4 unspecified atom stereocenters. The topological polar surface area (TPSA) is 107 Å². The van der Waals surface area contributed by atoms with Crippen molar-refractivity contribution in [1.29, 1.82) is 4.78 Å². The molecule has 0 saturated carbocycles. The van der Waals surface area contributed by atoms with Crippen molar-refractivity contribution < 1.29 is 36.7 Å². The van der Waals surface area contributed by atoms with Gasteiger partial charge in [-0.1, -0.05) is 24.3 Å². The van der Waals surface area contributed by atoms with Gasteiger partial charge in [-0.15, -0.1) is 13.2 Å². The first-order valence-electron chi connectivity index (χ1n) is 12.5. The monoisotopic (exact) mass is 578 g/mol. The van der Waals surface area contributed by atoms with E-state index in [1.807, 2.05) is 53.4 Å². The molecular weight excluding hydrogens is 549 g/mol. The average molecular weight is 579 g/mol. The van der Waals surface area contributed by atoms with E-state index >= 15 is 0 Å². The number of benzene rings is 3. The summed E-state index contributed by atoms with van der Waals surface area (Å²) in [5.41, 5.74) is 1.51. The lowest BCUT2D eigenvalue weighted by molar-refractivity contribution is -0.274. The summed E-state index contributed by atoms with van der Waals surface area (Å²) < 4.78 is 77.7. The highest BCUT2D eigenvalue weighted by atomic mass is 32.2. The smallest absolute Gasteiger partial charge is 0.453 e. The van der Waals surface area contributed by atoms with E-state index in [0.717, 1.165) is 35.6 Å². The van der Waals surface area contributed by atoms with Crippen LogP contribution >= 0.6 is 0 Å². The lowest BCUT2D eigenvalue weighted by atomic mass is 9.94. The van der Waals surface area contributed by atoms with Crippen LogP contribution in [0.2, 0.25) is 0 Å². The number of fused-ring (bicyclic) bond motifs is 2. The summed E-state index contributed by atoms with van der Waals surface area (Å²) in [4.78, 5) is 4.01. The first kappa shape index (κ1) is 28.2. The van der Waals surface area contributed by atoms with E-state index in [2.05, 4.69) is 14.4 Å². The number of aliphatic hydroxyl groups is 1. The van der Waals surface area contributed by atoms with Crippen LogP contribution in [0.1, 0.15) is 0 Å². The van der Waals surface area contributed by atoms with E-state index in [1.165, 1.54) is 0 Å². The maximum absolute atomic E-state index is 13.5. The number of alkyl halides is 3. The van der Waals surface area contributed by atoms with Gasteiger partial charge in [-0.2, -0.15) is 0 Å². The summed E-state index contributed by atoms with van der Waals surface area (Å²) >= 11 is 0. The van der Waals surface area contributed by atoms with Gasteiger partial charge in [0.05, 0.1) is 41.1 Å². The highest BCUT2D eigenvalue weighted by molar-refractivity contribution is 7.90. The largest absolute Gasteiger partial charge is 0.573 e. The Kier molecular flexibility index (Phi) is 7.93. The summed E-state index contributed by atoms with van der Waals surface area (Å²) in [6.45, 7) is 1.64. The van der Waals surface area contributed by atoms with Crippen molar-refractivity contribution in [1.82, 2.24) is 9.62 Å². The molecule has 1 fully saturated rings. The Morgan fingerprint density at radius 1 is 1.02 bits per heavy atom. The average Bonchev–Trinajstić information content (AvgIpc) is 2.91. The second kappa shape index (κ2) is 11.3. The summed E-state index contributed by atoms with van der Waals surface area (Å²) in [5, 5.41) is 11.7. The Morgan fingerprint density at radius 3 is 2.20 bits per heavy atom. The molecule has 13 heteroatoms. The molecule has 3 aromatic carbocycles. The molecule has 2 aliphatic rings. The Labute approximate surface area is 230 Å². The molecule has 0 bridgehead atoms. The summed E-state index contributed by atoms with van der Waals surface area (Å²) in [5.74, 6) is 0.759. The van der Waals surface area contributed by atoms with Crippen LogP contribution in [0.5, 0.6) is 17.2 Å². The van der Waals surface area contributed by atoms with Crippen LogP contribution < -0.4 is 19.1 Å². The second-order valence-corrected chi connectivity index (χ2v) is 11.3. The predicted octanol–water partition coefficient (Wildman–Crippen LogP) is 4.50. The van der Waals surface area contributed by atoms with Crippen molar-refractivity contribution in [3.63, 3.8) is 0 Å². The summed E-state index contributed by atoms with van der Waals surface area (Å²) in [6, 6.07) is 17.9. The number of anilines is 2. The van der Waals surface area contributed by atoms with Gasteiger partial charge in [0.2, 0.25) is 0 Å². The van der Waals surface area contributed by atoms with Gasteiger partial charge in [-0.3, -0.25) is 4.90 Å². The zero-order valence-electron chi connectivity index (χ0n) is 21.5. The number of nitrogens with zero attached hydrogens (tertiary/aromatic N) is 2. The van der Waals surface area contributed by atoms with Crippen LogP contribution in [0.25, 0.3) is 0 Å². The molecule has 0 spiro atoms. The van der Waals surface area contributed by atoms with E-state index in [9.17, 15) is 22.5 Å². The molecule has 40 heavy (non-hydrogen) atoms. The van der Waals surface area contributed by atoms with Gasteiger partial charge in [0, 0.05) is 26.7 Å². The molecule has 3 N–H and O–H groups in total. The summed E-state index contributed by atoms with van der Waals surface area (Å²) in [6.07, 6.45) is -5.96. The Hall–Kier alpha value is -3.36. The second-order valence-electron chi connectivity index (χ2n) is 9.52. The van der Waals surface area contributed by atoms with E-state index in [4.69, 9.17) is 14.3 Å². The van der Waals surface area contributed by atoms with Crippen LogP contribution in [0, 0.1) is 4.78 Å². The third-order valence-corrected chi connectivity index (χ3v) is 8.40. The molecule has 0 aliphatic carbocycles. The van der Waals surface area contributed by atoms with Crippen LogP contribution in [0.3, 0.4) is 0 Å².